The smallest absolute Gasteiger partial charge is 0.414 e. The minimum absolute atomic E-state index is 0.245. The molecule has 1 aromatic rings. The van der Waals surface area contributed by atoms with Crippen LogP contribution >= 0.6 is 0 Å². The van der Waals surface area contributed by atoms with Crippen molar-refractivity contribution in [3.63, 3.8) is 0 Å². The van der Waals surface area contributed by atoms with E-state index in [1.807, 2.05) is 6.92 Å². The van der Waals surface area contributed by atoms with Crippen LogP contribution in [0, 0.1) is 6.92 Å². The summed E-state index contributed by atoms with van der Waals surface area (Å²) in [6, 6.07) is 0. The second-order valence-corrected chi connectivity index (χ2v) is 1.52. The molecule has 0 aliphatic heterocycles. The van der Waals surface area contributed by atoms with Crippen molar-refractivity contribution in [3.05, 3.63) is 5.89 Å². The van der Waals surface area contributed by atoms with Gasteiger partial charge in [-0.3, -0.25) is 0 Å². The van der Waals surface area contributed by atoms with Gasteiger partial charge in [-0.25, -0.2) is 0 Å². The highest BCUT2D eigenvalue weighted by Gasteiger charge is 1.98. The van der Waals surface area contributed by atoms with Crippen molar-refractivity contribution >= 4 is 0 Å². The monoisotopic (exact) mass is 128 g/mol. The maximum Gasteiger partial charge on any atom is 0.414 e. The largest absolute Gasteiger partial charge is 0.449 e. The predicted molar refractivity (Wildman–Crippen MR) is 30.2 cm³/mol. The van der Waals surface area contributed by atoms with Gasteiger partial charge in [0.15, 0.2) is 0 Å². The second kappa shape index (κ2) is 2.48. The summed E-state index contributed by atoms with van der Waals surface area (Å²) in [7, 11) is 0. The maximum atomic E-state index is 4.89. The summed E-state index contributed by atoms with van der Waals surface area (Å²) in [5, 5.41) is 7.16. The van der Waals surface area contributed by atoms with Gasteiger partial charge in [-0.2, -0.15) is 0 Å². The molecule has 1 heterocycles. The predicted octanol–water partition coefficient (Wildman–Crippen LogP) is 0.777. The Hall–Kier alpha value is -1.06. The molecule has 0 radical (unpaired) electrons. The molecule has 0 unspecified atom stereocenters. The van der Waals surface area contributed by atoms with Gasteiger partial charge in [0.25, 0.3) is 0 Å². The number of hydrogen-bond donors (Lipinski definition) is 0. The molecular weight excluding hydrogens is 120 g/mol. The highest BCUT2D eigenvalue weighted by Crippen LogP contribution is 2.05. The molecule has 0 atom stereocenters. The summed E-state index contributed by atoms with van der Waals surface area (Å²) in [5.41, 5.74) is 0. The third-order valence-corrected chi connectivity index (χ3v) is 0.775. The first kappa shape index (κ1) is 6.07. The molecule has 0 bridgehead atoms. The van der Waals surface area contributed by atoms with Crippen LogP contribution in [0.5, 0.6) is 6.08 Å². The van der Waals surface area contributed by atoms with Gasteiger partial charge in [-0.15, -0.1) is 5.10 Å². The summed E-state index contributed by atoms with van der Waals surface area (Å²) >= 11 is 0. The lowest BCUT2D eigenvalue weighted by Crippen LogP contribution is -1.90. The summed E-state index contributed by atoms with van der Waals surface area (Å²) in [5.74, 6) is 0.526. The molecule has 0 spiro atoms. The normalized spacial score (nSPS) is 9.56. The highest BCUT2D eigenvalue weighted by atomic mass is 16.6. The first-order chi connectivity index (χ1) is 4.33. The Balaban J connectivity index is 2.61. The van der Waals surface area contributed by atoms with Crippen LogP contribution in [-0.4, -0.2) is 16.8 Å². The van der Waals surface area contributed by atoms with E-state index in [0.717, 1.165) is 0 Å². The van der Waals surface area contributed by atoms with E-state index < -0.39 is 0 Å². The van der Waals surface area contributed by atoms with Crippen LogP contribution in [0.1, 0.15) is 12.8 Å². The fourth-order valence-corrected chi connectivity index (χ4v) is 0.460. The molecule has 0 aliphatic rings. The van der Waals surface area contributed by atoms with E-state index >= 15 is 0 Å². The lowest BCUT2D eigenvalue weighted by atomic mass is 10.8. The molecule has 0 amide bonds. The molecule has 4 heteroatoms. The third-order valence-electron chi connectivity index (χ3n) is 0.775. The maximum absolute atomic E-state index is 4.89. The number of aryl methyl sites for hydroxylation is 1. The first-order valence-corrected chi connectivity index (χ1v) is 2.76. The van der Waals surface area contributed by atoms with Gasteiger partial charge in [0.2, 0.25) is 5.89 Å². The van der Waals surface area contributed by atoms with Crippen LogP contribution in [0.2, 0.25) is 0 Å². The van der Waals surface area contributed by atoms with Crippen molar-refractivity contribution in [1.29, 1.82) is 0 Å². The molecule has 4 nitrogen and oxygen atoms in total. The molecule has 0 saturated heterocycles. The standard InChI is InChI=1S/C5H8N2O2/c1-3-8-5-7-6-4(2)9-5/h3H2,1-2H3. The summed E-state index contributed by atoms with van der Waals surface area (Å²) < 4.78 is 9.77. The lowest BCUT2D eigenvalue weighted by molar-refractivity contribution is 0.240. The highest BCUT2D eigenvalue weighted by molar-refractivity contribution is 4.82. The first-order valence-electron chi connectivity index (χ1n) is 2.76. The molecule has 0 aliphatic carbocycles. The zero-order chi connectivity index (χ0) is 6.69. The van der Waals surface area contributed by atoms with Crippen LogP contribution in [0.3, 0.4) is 0 Å². The topological polar surface area (TPSA) is 48.2 Å². The van der Waals surface area contributed by atoms with E-state index in [1.165, 1.54) is 0 Å². The molecule has 1 rings (SSSR count). The average Bonchev–Trinajstić information content (AvgIpc) is 2.17. The SMILES string of the molecule is CCOc1nnc(C)o1. The fourth-order valence-electron chi connectivity index (χ4n) is 0.460. The van der Waals surface area contributed by atoms with Gasteiger partial charge in [0.1, 0.15) is 0 Å². The summed E-state index contributed by atoms with van der Waals surface area (Å²) in [4.78, 5) is 0. The van der Waals surface area contributed by atoms with E-state index in [1.54, 1.807) is 6.92 Å². The Bertz CT molecular complexity index is 185. The van der Waals surface area contributed by atoms with Crippen molar-refractivity contribution in [2.75, 3.05) is 6.61 Å². The molecule has 0 aromatic carbocycles. The fraction of sp³-hybridized carbons (Fsp3) is 0.600. The van der Waals surface area contributed by atoms with Crippen LogP contribution in [-0.2, 0) is 0 Å². The van der Waals surface area contributed by atoms with Crippen molar-refractivity contribution in [2.24, 2.45) is 0 Å². The van der Waals surface area contributed by atoms with Gasteiger partial charge >= 0.3 is 6.08 Å². The number of ether oxygens (including phenoxy) is 1. The number of hydrogen-bond acceptors (Lipinski definition) is 4. The van der Waals surface area contributed by atoms with Crippen molar-refractivity contribution in [2.45, 2.75) is 13.8 Å². The van der Waals surface area contributed by atoms with Gasteiger partial charge in [-0.1, -0.05) is 5.10 Å². The minimum Gasteiger partial charge on any atom is -0.449 e. The average molecular weight is 128 g/mol. The number of nitrogens with zero attached hydrogens (tertiary/aromatic N) is 2. The molecule has 1 aromatic heterocycles. The lowest BCUT2D eigenvalue weighted by Gasteiger charge is -1.89. The van der Waals surface area contributed by atoms with Crippen LogP contribution in [0.25, 0.3) is 0 Å². The molecule has 0 N–H and O–H groups in total. The number of aromatic nitrogens is 2. The quantitative estimate of drug-likeness (QED) is 0.590. The Morgan fingerprint density at radius 1 is 1.56 bits per heavy atom. The van der Waals surface area contributed by atoms with E-state index in [4.69, 9.17) is 9.15 Å². The zero-order valence-corrected chi connectivity index (χ0v) is 5.42. The zero-order valence-electron chi connectivity index (χ0n) is 5.42. The Morgan fingerprint density at radius 3 is 2.78 bits per heavy atom. The molecule has 0 saturated carbocycles. The summed E-state index contributed by atoms with van der Waals surface area (Å²) in [6.45, 7) is 4.14. The van der Waals surface area contributed by atoms with Crippen LogP contribution in [0.15, 0.2) is 4.42 Å². The van der Waals surface area contributed by atoms with Gasteiger partial charge in [-0.05, 0) is 6.92 Å². The van der Waals surface area contributed by atoms with Crippen molar-refractivity contribution in [3.8, 4) is 6.08 Å². The van der Waals surface area contributed by atoms with E-state index in [9.17, 15) is 0 Å². The molecule has 50 valence electrons. The van der Waals surface area contributed by atoms with Crippen LogP contribution < -0.4 is 4.74 Å². The Kier molecular flexibility index (Phi) is 1.67. The molecule has 9 heavy (non-hydrogen) atoms. The van der Waals surface area contributed by atoms with Gasteiger partial charge in [0.05, 0.1) is 6.61 Å². The summed E-state index contributed by atoms with van der Waals surface area (Å²) in [6.07, 6.45) is 0.245. The van der Waals surface area contributed by atoms with Crippen molar-refractivity contribution in [1.82, 2.24) is 10.2 Å². The molecule has 0 fully saturated rings. The third kappa shape index (κ3) is 1.42. The Labute approximate surface area is 52.8 Å². The second-order valence-electron chi connectivity index (χ2n) is 1.52. The van der Waals surface area contributed by atoms with Gasteiger partial charge in [0, 0.05) is 6.92 Å². The Morgan fingerprint density at radius 2 is 2.33 bits per heavy atom. The minimum atomic E-state index is 0.245. The van der Waals surface area contributed by atoms with E-state index in [0.29, 0.717) is 12.5 Å². The van der Waals surface area contributed by atoms with Crippen LogP contribution in [0.4, 0.5) is 0 Å². The number of rotatable bonds is 2. The van der Waals surface area contributed by atoms with Crippen molar-refractivity contribution < 1.29 is 9.15 Å². The van der Waals surface area contributed by atoms with E-state index in [-0.39, 0.29) is 6.08 Å². The van der Waals surface area contributed by atoms with E-state index in [2.05, 4.69) is 10.2 Å². The van der Waals surface area contributed by atoms with Gasteiger partial charge < -0.3 is 9.15 Å². The molecular formula is C5H8N2O2.